The summed E-state index contributed by atoms with van der Waals surface area (Å²) < 4.78 is 5.07. The monoisotopic (exact) mass is 301 g/mol. The van der Waals surface area contributed by atoms with Crippen LogP contribution in [0.25, 0.3) is 0 Å². The van der Waals surface area contributed by atoms with Crippen molar-refractivity contribution in [3.05, 3.63) is 71.8 Å². The number of alkyl carbamates (subject to hydrolysis) is 1. The van der Waals surface area contributed by atoms with Gasteiger partial charge in [0.25, 0.3) is 0 Å². The first-order chi connectivity index (χ1) is 10.7. The van der Waals surface area contributed by atoms with E-state index in [1.165, 1.54) is 0 Å². The molecule has 2 aromatic rings. The largest absolute Gasteiger partial charge is 0.445 e. The average molecular weight is 301 g/mol. The second-order valence-electron chi connectivity index (χ2n) is 4.85. The lowest BCUT2D eigenvalue weighted by molar-refractivity contribution is 0.0763. The third-order valence-electron chi connectivity index (χ3n) is 3.23. The number of rotatable bonds is 6. The molecule has 0 bridgehead atoms. The molecule has 0 aliphatic heterocycles. The molecule has 0 aliphatic rings. The molecule has 2 aromatic carbocycles. The maximum Gasteiger partial charge on any atom is 0.407 e. The number of amides is 1. The number of carbonyl (C=O) groups is 1. The van der Waals surface area contributed by atoms with Crippen molar-refractivity contribution in [1.82, 2.24) is 5.32 Å². The van der Waals surface area contributed by atoms with Crippen molar-refractivity contribution in [3.63, 3.8) is 0 Å². The zero-order chi connectivity index (χ0) is 15.8. The van der Waals surface area contributed by atoms with E-state index in [0.717, 1.165) is 5.56 Å². The highest BCUT2D eigenvalue weighted by atomic mass is 16.5. The van der Waals surface area contributed by atoms with E-state index >= 15 is 0 Å². The number of nitrogens with one attached hydrogen (secondary N) is 1. The Morgan fingerprint density at radius 2 is 1.64 bits per heavy atom. The first-order valence-electron chi connectivity index (χ1n) is 7.02. The predicted octanol–water partition coefficient (Wildman–Crippen LogP) is 2.01. The lowest BCUT2D eigenvalue weighted by Crippen LogP contribution is -2.42. The van der Waals surface area contributed by atoms with Crippen molar-refractivity contribution in [2.24, 2.45) is 0 Å². The van der Waals surface area contributed by atoms with Gasteiger partial charge in [0.05, 0.1) is 12.6 Å². The molecule has 3 N–H and O–H groups in total. The van der Waals surface area contributed by atoms with Gasteiger partial charge >= 0.3 is 6.09 Å². The zero-order valence-electron chi connectivity index (χ0n) is 12.1. The molecule has 2 atom stereocenters. The number of hydrogen-bond acceptors (Lipinski definition) is 4. The van der Waals surface area contributed by atoms with Crippen LogP contribution >= 0.6 is 0 Å². The Morgan fingerprint density at radius 1 is 1.05 bits per heavy atom. The normalized spacial score (nSPS) is 13.2. The highest BCUT2D eigenvalue weighted by Crippen LogP contribution is 2.16. The first-order valence-corrected chi connectivity index (χ1v) is 7.02. The van der Waals surface area contributed by atoms with Crippen molar-refractivity contribution in [2.75, 3.05) is 6.61 Å². The number of benzene rings is 2. The second-order valence-corrected chi connectivity index (χ2v) is 4.85. The van der Waals surface area contributed by atoms with Crippen LogP contribution in [-0.2, 0) is 11.3 Å². The highest BCUT2D eigenvalue weighted by molar-refractivity contribution is 5.67. The Balaban J connectivity index is 1.88. The Hall–Kier alpha value is -2.37. The summed E-state index contributed by atoms with van der Waals surface area (Å²) in [5.74, 6) is 0. The number of aliphatic hydroxyl groups excluding tert-OH is 2. The fraction of sp³-hybridized carbons (Fsp3) is 0.235. The molecule has 2 rings (SSSR count). The molecule has 0 heterocycles. The van der Waals surface area contributed by atoms with Gasteiger partial charge in [-0.3, -0.25) is 0 Å². The molecule has 0 fully saturated rings. The summed E-state index contributed by atoms with van der Waals surface area (Å²) in [4.78, 5) is 11.8. The van der Waals surface area contributed by atoms with Crippen LogP contribution in [0.1, 0.15) is 17.2 Å². The lowest BCUT2D eigenvalue weighted by Gasteiger charge is -2.22. The van der Waals surface area contributed by atoms with E-state index in [2.05, 4.69) is 5.32 Å². The van der Waals surface area contributed by atoms with E-state index in [4.69, 9.17) is 4.74 Å². The minimum Gasteiger partial charge on any atom is -0.445 e. The van der Waals surface area contributed by atoms with Gasteiger partial charge in [-0.25, -0.2) is 4.79 Å². The van der Waals surface area contributed by atoms with E-state index in [-0.39, 0.29) is 6.61 Å². The fourth-order valence-electron chi connectivity index (χ4n) is 2.02. The van der Waals surface area contributed by atoms with Crippen LogP contribution in [0.4, 0.5) is 4.79 Å². The summed E-state index contributed by atoms with van der Waals surface area (Å²) in [5, 5.41) is 22.0. The van der Waals surface area contributed by atoms with Gasteiger partial charge in [0, 0.05) is 0 Å². The molecule has 5 nitrogen and oxygen atoms in total. The van der Waals surface area contributed by atoms with E-state index in [1.54, 1.807) is 24.3 Å². The highest BCUT2D eigenvalue weighted by Gasteiger charge is 2.22. The Bertz CT molecular complexity index is 574. The van der Waals surface area contributed by atoms with Gasteiger partial charge in [0.1, 0.15) is 12.7 Å². The molecule has 116 valence electrons. The van der Waals surface area contributed by atoms with Gasteiger partial charge < -0.3 is 20.3 Å². The van der Waals surface area contributed by atoms with E-state index in [9.17, 15) is 15.0 Å². The third-order valence-corrected chi connectivity index (χ3v) is 3.23. The quantitative estimate of drug-likeness (QED) is 0.762. The number of aliphatic hydroxyl groups is 2. The molecule has 5 heteroatoms. The summed E-state index contributed by atoms with van der Waals surface area (Å²) in [5.41, 5.74) is 1.48. The minimum atomic E-state index is -1.00. The van der Waals surface area contributed by atoms with E-state index in [0.29, 0.717) is 5.56 Å². The molecular formula is C17H19NO4. The molecule has 0 saturated heterocycles. The standard InChI is InChI=1S/C17H19NO4/c19-11-15(16(20)14-9-5-2-6-10-14)18-17(21)22-12-13-7-3-1-4-8-13/h1-10,15-16,19-20H,11-12H2,(H,18,21)/t15-,16-/m0/s1. The van der Waals surface area contributed by atoms with Gasteiger partial charge in [-0.1, -0.05) is 60.7 Å². The van der Waals surface area contributed by atoms with Crippen LogP contribution < -0.4 is 5.32 Å². The summed E-state index contributed by atoms with van der Waals surface area (Å²) in [7, 11) is 0. The van der Waals surface area contributed by atoms with Gasteiger partial charge in [-0.15, -0.1) is 0 Å². The maximum absolute atomic E-state index is 11.8. The summed E-state index contributed by atoms with van der Waals surface area (Å²) in [6, 6.07) is 17.3. The Morgan fingerprint density at radius 3 is 2.23 bits per heavy atom. The van der Waals surface area contributed by atoms with Crippen molar-refractivity contribution >= 4 is 6.09 Å². The van der Waals surface area contributed by atoms with Gasteiger partial charge in [0.15, 0.2) is 0 Å². The molecule has 1 amide bonds. The fourth-order valence-corrected chi connectivity index (χ4v) is 2.02. The van der Waals surface area contributed by atoms with Crippen molar-refractivity contribution in [2.45, 2.75) is 18.8 Å². The van der Waals surface area contributed by atoms with Crippen molar-refractivity contribution in [1.29, 1.82) is 0 Å². The lowest BCUT2D eigenvalue weighted by atomic mass is 10.0. The minimum absolute atomic E-state index is 0.131. The number of hydrogen-bond donors (Lipinski definition) is 3. The van der Waals surface area contributed by atoms with Gasteiger partial charge in [0.2, 0.25) is 0 Å². The molecule has 0 radical (unpaired) electrons. The van der Waals surface area contributed by atoms with Crippen LogP contribution in [-0.4, -0.2) is 29.0 Å². The molecule has 0 aliphatic carbocycles. The van der Waals surface area contributed by atoms with E-state index in [1.807, 2.05) is 36.4 Å². The smallest absolute Gasteiger partial charge is 0.407 e. The molecule has 0 unspecified atom stereocenters. The average Bonchev–Trinajstić information content (AvgIpc) is 2.59. The first kappa shape index (κ1) is 16.0. The predicted molar refractivity (Wildman–Crippen MR) is 82.0 cm³/mol. The maximum atomic E-state index is 11.8. The van der Waals surface area contributed by atoms with Crippen LogP contribution in [0.5, 0.6) is 0 Å². The molecule has 0 aromatic heterocycles. The van der Waals surface area contributed by atoms with Crippen LogP contribution in [0.2, 0.25) is 0 Å². The van der Waals surface area contributed by atoms with Crippen LogP contribution in [0.15, 0.2) is 60.7 Å². The SMILES string of the molecule is O=C(N[C@@H](CO)[C@@H](O)c1ccccc1)OCc1ccccc1. The number of ether oxygens (including phenoxy) is 1. The third kappa shape index (κ3) is 4.58. The van der Waals surface area contributed by atoms with Crippen LogP contribution in [0, 0.1) is 0 Å². The number of carbonyl (C=O) groups excluding carboxylic acids is 1. The summed E-state index contributed by atoms with van der Waals surface area (Å²) >= 11 is 0. The summed E-state index contributed by atoms with van der Waals surface area (Å²) in [6.45, 7) is -0.261. The Kier molecular flexibility index (Phi) is 5.94. The van der Waals surface area contributed by atoms with Crippen molar-refractivity contribution < 1.29 is 19.7 Å². The topological polar surface area (TPSA) is 78.8 Å². The second kappa shape index (κ2) is 8.17. The van der Waals surface area contributed by atoms with Gasteiger partial charge in [-0.05, 0) is 11.1 Å². The van der Waals surface area contributed by atoms with E-state index < -0.39 is 24.8 Å². The molecule has 0 spiro atoms. The zero-order valence-corrected chi connectivity index (χ0v) is 12.1. The van der Waals surface area contributed by atoms with Crippen LogP contribution in [0.3, 0.4) is 0 Å². The van der Waals surface area contributed by atoms with Gasteiger partial charge in [-0.2, -0.15) is 0 Å². The van der Waals surface area contributed by atoms with Crippen molar-refractivity contribution in [3.8, 4) is 0 Å². The Labute approximate surface area is 129 Å². The molecular weight excluding hydrogens is 282 g/mol. The molecule has 0 saturated carbocycles. The summed E-state index contributed by atoms with van der Waals surface area (Å²) in [6.07, 6.45) is -1.69. The molecule has 22 heavy (non-hydrogen) atoms.